The van der Waals surface area contributed by atoms with Gasteiger partial charge in [-0.15, -0.1) is 0 Å². The van der Waals surface area contributed by atoms with Gasteiger partial charge in [-0.3, -0.25) is 9.59 Å². The van der Waals surface area contributed by atoms with Crippen molar-refractivity contribution in [1.82, 2.24) is 9.55 Å². The summed E-state index contributed by atoms with van der Waals surface area (Å²) >= 11 is 0. The highest BCUT2D eigenvalue weighted by atomic mass is 16.5. The maximum Gasteiger partial charge on any atom is 0.247 e. The molecule has 1 aliphatic rings. The van der Waals surface area contributed by atoms with Gasteiger partial charge in [0, 0.05) is 31.7 Å². The second kappa shape index (κ2) is 11.6. The van der Waals surface area contributed by atoms with E-state index in [9.17, 15) is 9.59 Å². The lowest BCUT2D eigenvalue weighted by atomic mass is 10.0. The van der Waals surface area contributed by atoms with Crippen LogP contribution < -0.4 is 9.80 Å². The van der Waals surface area contributed by atoms with E-state index in [-0.39, 0.29) is 30.3 Å². The van der Waals surface area contributed by atoms with Gasteiger partial charge in [0.2, 0.25) is 11.8 Å². The smallest absolute Gasteiger partial charge is 0.247 e. The van der Waals surface area contributed by atoms with Gasteiger partial charge in [0.1, 0.15) is 12.4 Å². The van der Waals surface area contributed by atoms with E-state index in [0.29, 0.717) is 19.6 Å². The number of rotatable bonds is 9. The molecular weight excluding hydrogens is 500 g/mol. The molecule has 3 aromatic carbocycles. The number of imidazole rings is 1. The number of hydrogen-bond acceptors (Lipinski definition) is 4. The van der Waals surface area contributed by atoms with Gasteiger partial charge in [-0.25, -0.2) is 4.98 Å². The Morgan fingerprint density at radius 2 is 1.88 bits per heavy atom. The number of hydrogen-bond donors (Lipinski definition) is 0. The standard InChI is InChI=1S/C33H38N4O3/c1-6-25-13-10-12-23(3)32(25)37(24(4)21-40-5)31(39)20-36-29-16-8-7-15-28(29)34-33(36)26-18-30(38)35(19-26)27-14-9-11-22(2)17-27/h7-17,24,26H,6,18-21H2,1-5H3/t24-,26-/m0/s1. The summed E-state index contributed by atoms with van der Waals surface area (Å²) in [4.78, 5) is 36.2. The molecule has 0 saturated carbocycles. The number of aryl methyl sites for hydroxylation is 3. The zero-order valence-corrected chi connectivity index (χ0v) is 24.1. The zero-order chi connectivity index (χ0) is 28.4. The normalized spacial score (nSPS) is 16.1. The summed E-state index contributed by atoms with van der Waals surface area (Å²) in [6.07, 6.45) is 1.17. The molecule has 0 radical (unpaired) electrons. The van der Waals surface area contributed by atoms with Gasteiger partial charge in [-0.05, 0) is 68.1 Å². The molecular formula is C33H38N4O3. The lowest BCUT2D eigenvalue weighted by molar-refractivity contribution is -0.120. The van der Waals surface area contributed by atoms with Crippen LogP contribution in [0.15, 0.2) is 66.7 Å². The molecule has 0 aliphatic carbocycles. The van der Waals surface area contributed by atoms with Crippen molar-refractivity contribution >= 4 is 34.2 Å². The van der Waals surface area contributed by atoms with Crippen molar-refractivity contribution < 1.29 is 14.3 Å². The first-order valence-corrected chi connectivity index (χ1v) is 14.0. The van der Waals surface area contributed by atoms with Crippen LogP contribution in [0.1, 0.15) is 48.7 Å². The molecule has 1 fully saturated rings. The van der Waals surface area contributed by atoms with Crippen molar-refractivity contribution in [3.63, 3.8) is 0 Å². The predicted octanol–water partition coefficient (Wildman–Crippen LogP) is 5.80. The van der Waals surface area contributed by atoms with E-state index in [2.05, 4.69) is 26.0 Å². The molecule has 1 aromatic heterocycles. The Bertz CT molecular complexity index is 1540. The molecule has 0 unspecified atom stereocenters. The molecule has 2 heterocycles. The molecule has 4 aromatic rings. The minimum atomic E-state index is -0.160. The number of carbonyl (C=O) groups excluding carboxylic acids is 2. The fourth-order valence-corrected chi connectivity index (χ4v) is 5.97. The van der Waals surface area contributed by atoms with Crippen LogP contribution in [-0.2, 0) is 27.3 Å². The third-order valence-corrected chi connectivity index (χ3v) is 7.84. The number of carbonyl (C=O) groups is 2. The summed E-state index contributed by atoms with van der Waals surface area (Å²) in [5, 5.41) is 0. The molecule has 0 bridgehead atoms. The Balaban J connectivity index is 1.53. The van der Waals surface area contributed by atoms with E-state index in [0.717, 1.165) is 51.3 Å². The first-order valence-electron chi connectivity index (χ1n) is 14.0. The molecule has 1 aliphatic heterocycles. The van der Waals surface area contributed by atoms with Crippen LogP contribution in [0.25, 0.3) is 11.0 Å². The van der Waals surface area contributed by atoms with Gasteiger partial charge in [0.15, 0.2) is 0 Å². The van der Waals surface area contributed by atoms with E-state index < -0.39 is 0 Å². The van der Waals surface area contributed by atoms with Gasteiger partial charge >= 0.3 is 0 Å². The number of benzene rings is 3. The molecule has 1 saturated heterocycles. The molecule has 2 amide bonds. The quantitative estimate of drug-likeness (QED) is 0.270. The van der Waals surface area contributed by atoms with Crippen molar-refractivity contribution in [1.29, 1.82) is 0 Å². The molecule has 7 heteroatoms. The Kier molecular flexibility index (Phi) is 8.03. The number of nitrogens with zero attached hydrogens (tertiary/aromatic N) is 4. The topological polar surface area (TPSA) is 67.7 Å². The van der Waals surface area contributed by atoms with Crippen LogP contribution in [-0.4, -0.2) is 47.7 Å². The highest BCUT2D eigenvalue weighted by Gasteiger charge is 2.36. The van der Waals surface area contributed by atoms with Crippen LogP contribution >= 0.6 is 0 Å². The van der Waals surface area contributed by atoms with E-state index in [1.807, 2.05) is 82.8 Å². The average Bonchev–Trinajstić information content (AvgIpc) is 3.50. The predicted molar refractivity (Wildman–Crippen MR) is 160 cm³/mol. The molecule has 5 rings (SSSR count). The van der Waals surface area contributed by atoms with Crippen LogP contribution in [0.5, 0.6) is 0 Å². The SMILES string of the molecule is CCc1cccc(C)c1N(C(=O)Cn1c([C@H]2CC(=O)N(c3cccc(C)c3)C2)nc2ccccc21)[C@@H](C)COC. The third-order valence-electron chi connectivity index (χ3n) is 7.84. The lowest BCUT2D eigenvalue weighted by Crippen LogP contribution is -2.44. The monoisotopic (exact) mass is 538 g/mol. The summed E-state index contributed by atoms with van der Waals surface area (Å²) in [6.45, 7) is 9.29. The van der Waals surface area contributed by atoms with Crippen LogP contribution in [0.3, 0.4) is 0 Å². The number of para-hydroxylation sites is 3. The summed E-state index contributed by atoms with van der Waals surface area (Å²) in [7, 11) is 1.66. The summed E-state index contributed by atoms with van der Waals surface area (Å²) in [6, 6.07) is 21.9. The van der Waals surface area contributed by atoms with Gasteiger partial charge in [0.05, 0.1) is 29.4 Å². The van der Waals surface area contributed by atoms with Gasteiger partial charge in [-0.1, -0.05) is 49.4 Å². The van der Waals surface area contributed by atoms with Crippen molar-refractivity contribution in [3.05, 3.63) is 89.2 Å². The fraction of sp³-hybridized carbons (Fsp3) is 0.364. The van der Waals surface area contributed by atoms with Crippen LogP contribution in [0.4, 0.5) is 11.4 Å². The van der Waals surface area contributed by atoms with Crippen LogP contribution in [0, 0.1) is 13.8 Å². The van der Waals surface area contributed by atoms with Crippen molar-refractivity contribution in [2.75, 3.05) is 30.1 Å². The van der Waals surface area contributed by atoms with E-state index >= 15 is 0 Å². The maximum absolute atomic E-state index is 14.3. The molecule has 0 spiro atoms. The minimum absolute atomic E-state index is 0.0298. The maximum atomic E-state index is 14.3. The summed E-state index contributed by atoms with van der Waals surface area (Å²) in [5.74, 6) is 0.696. The summed E-state index contributed by atoms with van der Waals surface area (Å²) in [5.41, 5.74) is 6.87. The third kappa shape index (κ3) is 5.26. The highest BCUT2D eigenvalue weighted by molar-refractivity contribution is 5.98. The Morgan fingerprint density at radius 1 is 1.10 bits per heavy atom. The number of amides is 2. The Hall–Kier alpha value is -3.97. The molecule has 40 heavy (non-hydrogen) atoms. The number of methoxy groups -OCH3 is 1. The van der Waals surface area contributed by atoms with Gasteiger partial charge in [0.25, 0.3) is 0 Å². The lowest BCUT2D eigenvalue weighted by Gasteiger charge is -2.32. The van der Waals surface area contributed by atoms with E-state index in [4.69, 9.17) is 9.72 Å². The van der Waals surface area contributed by atoms with Crippen molar-refractivity contribution in [2.24, 2.45) is 0 Å². The number of fused-ring (bicyclic) bond motifs is 1. The van der Waals surface area contributed by atoms with Gasteiger partial charge < -0.3 is 19.1 Å². The van der Waals surface area contributed by atoms with Crippen molar-refractivity contribution in [2.45, 2.75) is 59.0 Å². The highest BCUT2D eigenvalue weighted by Crippen LogP contribution is 2.34. The number of anilines is 2. The largest absolute Gasteiger partial charge is 0.383 e. The molecule has 7 nitrogen and oxygen atoms in total. The Labute approximate surface area is 236 Å². The fourth-order valence-electron chi connectivity index (χ4n) is 5.97. The Morgan fingerprint density at radius 3 is 2.62 bits per heavy atom. The molecule has 2 atom stereocenters. The van der Waals surface area contributed by atoms with Gasteiger partial charge in [-0.2, -0.15) is 0 Å². The zero-order valence-electron chi connectivity index (χ0n) is 24.1. The van der Waals surface area contributed by atoms with Crippen molar-refractivity contribution in [3.8, 4) is 0 Å². The minimum Gasteiger partial charge on any atom is -0.383 e. The second-order valence-corrected chi connectivity index (χ2v) is 10.8. The molecule has 0 N–H and O–H groups in total. The first-order chi connectivity index (χ1) is 19.3. The first kappa shape index (κ1) is 27.6. The van der Waals surface area contributed by atoms with Crippen LogP contribution in [0.2, 0.25) is 0 Å². The second-order valence-electron chi connectivity index (χ2n) is 10.8. The van der Waals surface area contributed by atoms with E-state index in [1.54, 1.807) is 7.11 Å². The summed E-state index contributed by atoms with van der Waals surface area (Å²) < 4.78 is 7.52. The average molecular weight is 539 g/mol. The molecule has 208 valence electrons. The van der Waals surface area contributed by atoms with E-state index in [1.165, 1.54) is 0 Å². The number of aromatic nitrogens is 2. The number of ether oxygens (including phenoxy) is 1.